The summed E-state index contributed by atoms with van der Waals surface area (Å²) in [5.74, 6) is -0.148. The Hall–Kier alpha value is -2.61. The van der Waals surface area contributed by atoms with Crippen molar-refractivity contribution in [2.45, 2.75) is 45.3 Å². The molecule has 3 aliphatic heterocycles. The molecule has 168 valence electrons. The SMILES string of the molecule is Cc1cc(C)cc(N2CCCN3C4C(=O)N(Cc5ccc(Cl)cc5)C(=O)N(C)C4NC23)c1. The number of hydrogen-bond donors (Lipinski definition) is 1. The van der Waals surface area contributed by atoms with E-state index in [-0.39, 0.29) is 30.9 Å². The number of anilines is 1. The van der Waals surface area contributed by atoms with Gasteiger partial charge in [0.15, 0.2) is 0 Å². The number of aryl methyl sites for hydroxylation is 2. The zero-order valence-corrected chi connectivity index (χ0v) is 19.3. The van der Waals surface area contributed by atoms with E-state index in [2.05, 4.69) is 47.2 Å². The van der Waals surface area contributed by atoms with Crippen molar-refractivity contribution in [1.82, 2.24) is 20.0 Å². The predicted molar refractivity (Wildman–Crippen MR) is 124 cm³/mol. The summed E-state index contributed by atoms with van der Waals surface area (Å²) in [5, 5.41) is 4.21. The Morgan fingerprint density at radius 3 is 2.41 bits per heavy atom. The van der Waals surface area contributed by atoms with Crippen molar-refractivity contribution < 1.29 is 9.59 Å². The van der Waals surface area contributed by atoms with Crippen molar-refractivity contribution in [3.05, 3.63) is 64.2 Å². The molecular formula is C24H28ClN5O2. The fraction of sp³-hybridized carbons (Fsp3) is 0.417. The van der Waals surface area contributed by atoms with Crippen LogP contribution < -0.4 is 10.2 Å². The van der Waals surface area contributed by atoms with E-state index in [0.717, 1.165) is 30.8 Å². The van der Waals surface area contributed by atoms with Gasteiger partial charge in [-0.3, -0.25) is 19.9 Å². The average molecular weight is 454 g/mol. The van der Waals surface area contributed by atoms with Crippen LogP contribution in [0.25, 0.3) is 0 Å². The summed E-state index contributed by atoms with van der Waals surface area (Å²) in [5.41, 5.74) is 4.44. The van der Waals surface area contributed by atoms with Crippen LogP contribution in [0.4, 0.5) is 10.5 Å². The first kappa shape index (κ1) is 21.2. The maximum absolute atomic E-state index is 13.6. The van der Waals surface area contributed by atoms with Gasteiger partial charge in [-0.1, -0.05) is 29.8 Å². The van der Waals surface area contributed by atoms with E-state index in [0.29, 0.717) is 5.02 Å². The van der Waals surface area contributed by atoms with Crippen LogP contribution in [0.15, 0.2) is 42.5 Å². The molecule has 3 fully saturated rings. The first-order chi connectivity index (χ1) is 15.3. The molecule has 3 heterocycles. The summed E-state index contributed by atoms with van der Waals surface area (Å²) in [6, 6.07) is 13.1. The third-order valence-electron chi connectivity index (χ3n) is 6.66. The van der Waals surface area contributed by atoms with Crippen molar-refractivity contribution >= 4 is 29.2 Å². The monoisotopic (exact) mass is 453 g/mol. The van der Waals surface area contributed by atoms with Gasteiger partial charge >= 0.3 is 6.03 Å². The molecule has 1 N–H and O–H groups in total. The molecule has 3 unspecified atom stereocenters. The summed E-state index contributed by atoms with van der Waals surface area (Å²) in [6.07, 6.45) is 0.471. The number of carbonyl (C=O) groups is 2. The van der Waals surface area contributed by atoms with Crippen molar-refractivity contribution in [2.24, 2.45) is 0 Å². The van der Waals surface area contributed by atoms with Gasteiger partial charge in [0.2, 0.25) is 0 Å². The molecule has 3 atom stereocenters. The Morgan fingerprint density at radius 2 is 1.72 bits per heavy atom. The highest BCUT2D eigenvalue weighted by atomic mass is 35.5. The first-order valence-electron chi connectivity index (χ1n) is 11.0. The summed E-state index contributed by atoms with van der Waals surface area (Å²) >= 11 is 5.99. The lowest BCUT2D eigenvalue weighted by molar-refractivity contribution is -0.139. The summed E-state index contributed by atoms with van der Waals surface area (Å²) < 4.78 is 0. The number of benzene rings is 2. The number of nitrogens with zero attached hydrogens (tertiary/aromatic N) is 4. The Bertz CT molecular complexity index is 1040. The summed E-state index contributed by atoms with van der Waals surface area (Å²) in [6.45, 7) is 6.15. The van der Waals surface area contributed by atoms with Crippen LogP contribution >= 0.6 is 11.6 Å². The molecule has 0 saturated carbocycles. The van der Waals surface area contributed by atoms with Crippen LogP contribution in [0.2, 0.25) is 5.02 Å². The highest BCUT2D eigenvalue weighted by Crippen LogP contribution is 2.34. The molecule has 7 nitrogen and oxygen atoms in total. The summed E-state index contributed by atoms with van der Waals surface area (Å²) in [4.78, 5) is 34.3. The molecule has 2 aromatic carbocycles. The Balaban J connectivity index is 1.44. The Labute approximate surface area is 193 Å². The van der Waals surface area contributed by atoms with E-state index in [1.165, 1.54) is 16.0 Å². The highest BCUT2D eigenvalue weighted by Gasteiger charge is 2.56. The van der Waals surface area contributed by atoms with Gasteiger partial charge in [0.05, 0.1) is 6.54 Å². The van der Waals surface area contributed by atoms with Crippen LogP contribution in [-0.2, 0) is 11.3 Å². The van der Waals surface area contributed by atoms with Gasteiger partial charge in [-0.2, -0.15) is 0 Å². The topological polar surface area (TPSA) is 59.1 Å². The van der Waals surface area contributed by atoms with E-state index < -0.39 is 6.04 Å². The molecule has 0 aliphatic carbocycles. The van der Waals surface area contributed by atoms with Crippen molar-refractivity contribution in [2.75, 3.05) is 25.0 Å². The van der Waals surface area contributed by atoms with E-state index in [4.69, 9.17) is 11.6 Å². The standard InChI is InChI=1S/C24H28ClN5O2/c1-15-11-16(2)13-19(12-15)28-9-4-10-29-20-21(26-23(28)29)27(3)24(32)30(22(20)31)14-17-5-7-18(25)8-6-17/h5-8,11-13,20-21,23,26H,4,9-10,14H2,1-3H3. The van der Waals surface area contributed by atoms with Gasteiger partial charge in [-0.25, -0.2) is 4.79 Å². The third kappa shape index (κ3) is 3.54. The second kappa shape index (κ2) is 8.06. The number of hydrogen-bond acceptors (Lipinski definition) is 5. The molecular weight excluding hydrogens is 426 g/mol. The van der Waals surface area contributed by atoms with Gasteiger partial charge in [0, 0.05) is 30.8 Å². The predicted octanol–water partition coefficient (Wildman–Crippen LogP) is 3.14. The molecule has 0 spiro atoms. The number of likely N-dealkylation sites (N-methyl/N-ethyl adjacent to an activating group) is 1. The van der Waals surface area contributed by atoms with E-state index in [1.807, 2.05) is 12.1 Å². The van der Waals surface area contributed by atoms with Gasteiger partial charge in [0.25, 0.3) is 5.91 Å². The zero-order chi connectivity index (χ0) is 22.6. The average Bonchev–Trinajstić information content (AvgIpc) is 3.16. The number of carbonyl (C=O) groups excluding carboxylic acids is 2. The lowest BCUT2D eigenvalue weighted by Gasteiger charge is -2.44. The molecule has 5 rings (SSSR count). The van der Waals surface area contributed by atoms with E-state index in [9.17, 15) is 9.59 Å². The lowest BCUT2D eigenvalue weighted by atomic mass is 10.1. The number of rotatable bonds is 3. The molecule has 0 bridgehead atoms. The fourth-order valence-electron chi connectivity index (χ4n) is 5.22. The van der Waals surface area contributed by atoms with Crippen LogP contribution in [-0.4, -0.2) is 65.3 Å². The maximum atomic E-state index is 13.6. The van der Waals surface area contributed by atoms with E-state index in [1.54, 1.807) is 24.1 Å². The largest absolute Gasteiger partial charge is 0.343 e. The van der Waals surface area contributed by atoms with E-state index >= 15 is 0 Å². The fourth-order valence-corrected chi connectivity index (χ4v) is 5.34. The van der Waals surface area contributed by atoms with Gasteiger partial charge in [-0.15, -0.1) is 0 Å². The van der Waals surface area contributed by atoms with Gasteiger partial charge in [-0.05, 0) is 61.2 Å². The molecule has 3 amide bonds. The minimum absolute atomic E-state index is 0.130. The minimum Gasteiger partial charge on any atom is -0.343 e. The number of amides is 3. The van der Waals surface area contributed by atoms with Crippen LogP contribution in [0.1, 0.15) is 23.1 Å². The lowest BCUT2D eigenvalue weighted by Crippen LogP contribution is -2.66. The number of imide groups is 1. The Kier molecular flexibility index (Phi) is 5.35. The molecule has 0 aromatic heterocycles. The molecule has 0 radical (unpaired) electrons. The highest BCUT2D eigenvalue weighted by molar-refractivity contribution is 6.30. The molecule has 3 saturated heterocycles. The van der Waals surface area contributed by atoms with Crippen molar-refractivity contribution in [3.63, 3.8) is 0 Å². The molecule has 8 heteroatoms. The number of nitrogens with one attached hydrogen (secondary N) is 1. The van der Waals surface area contributed by atoms with Gasteiger partial charge in [0.1, 0.15) is 18.5 Å². The smallest absolute Gasteiger partial charge is 0.328 e. The quantitative estimate of drug-likeness (QED) is 0.773. The van der Waals surface area contributed by atoms with Crippen LogP contribution in [0.5, 0.6) is 0 Å². The van der Waals surface area contributed by atoms with Crippen LogP contribution in [0, 0.1) is 13.8 Å². The molecule has 32 heavy (non-hydrogen) atoms. The number of urea groups is 1. The third-order valence-corrected chi connectivity index (χ3v) is 6.91. The van der Waals surface area contributed by atoms with Crippen molar-refractivity contribution in [1.29, 1.82) is 0 Å². The second-order valence-corrected chi connectivity index (χ2v) is 9.44. The molecule has 3 aliphatic rings. The normalized spacial score (nSPS) is 25.9. The van der Waals surface area contributed by atoms with Crippen molar-refractivity contribution in [3.8, 4) is 0 Å². The minimum atomic E-state index is -0.413. The van der Waals surface area contributed by atoms with Crippen LogP contribution in [0.3, 0.4) is 0 Å². The first-order valence-corrected chi connectivity index (χ1v) is 11.4. The van der Waals surface area contributed by atoms with Gasteiger partial charge < -0.3 is 9.80 Å². The Morgan fingerprint density at radius 1 is 1.03 bits per heavy atom. The zero-order valence-electron chi connectivity index (χ0n) is 18.6. The number of halogens is 1. The molecule has 2 aromatic rings. The second-order valence-electron chi connectivity index (χ2n) is 9.01. The maximum Gasteiger partial charge on any atom is 0.328 e. The number of fused-ring (bicyclic) bond motifs is 3. The summed E-state index contributed by atoms with van der Waals surface area (Å²) in [7, 11) is 1.77.